The molecule has 0 spiro atoms. The van der Waals surface area contributed by atoms with Gasteiger partial charge in [0.1, 0.15) is 0 Å². The summed E-state index contributed by atoms with van der Waals surface area (Å²) in [7, 11) is -3.61. The molecule has 0 amide bonds. The molecule has 0 N–H and O–H groups in total. The number of nitrogens with zero attached hydrogens (tertiary/aromatic N) is 2. The van der Waals surface area contributed by atoms with E-state index in [9.17, 15) is 8.42 Å². The van der Waals surface area contributed by atoms with Gasteiger partial charge in [0.15, 0.2) is 0 Å². The fraction of sp³-hybridized carbons (Fsp3) is 0.440. The Balaban J connectivity index is 1.74. The van der Waals surface area contributed by atoms with Gasteiger partial charge in [0.05, 0.1) is 10.4 Å². The zero-order valence-corrected chi connectivity index (χ0v) is 19.1. The SMILES string of the molecule is CCCN(CCC)C1CCc2c(ccc3ccn(S(=O)(=O)c4ccc(C)cc4)c23)C1. The summed E-state index contributed by atoms with van der Waals surface area (Å²) in [6, 6.07) is 13.9. The summed E-state index contributed by atoms with van der Waals surface area (Å²) in [5, 5.41) is 1.00. The number of rotatable bonds is 7. The van der Waals surface area contributed by atoms with Crippen LogP contribution in [0.5, 0.6) is 0 Å². The average molecular weight is 425 g/mol. The van der Waals surface area contributed by atoms with Gasteiger partial charge in [-0.15, -0.1) is 0 Å². The summed E-state index contributed by atoms with van der Waals surface area (Å²) in [4.78, 5) is 2.96. The minimum Gasteiger partial charge on any atom is -0.300 e. The standard InChI is InChI=1S/C25H32N2O2S/c1-4-15-26(16-5-2)22-10-13-24-21(18-22)9-8-20-14-17-27(25(20)24)30(28,29)23-11-6-19(3)7-12-23/h6-9,11-12,14,17,22H,4-5,10,13,15-16,18H2,1-3H3. The summed E-state index contributed by atoms with van der Waals surface area (Å²) >= 11 is 0. The Labute approximate surface area is 180 Å². The van der Waals surface area contributed by atoms with Crippen LogP contribution < -0.4 is 0 Å². The third kappa shape index (κ3) is 3.81. The molecule has 1 heterocycles. The van der Waals surface area contributed by atoms with Gasteiger partial charge in [0, 0.05) is 17.6 Å². The second-order valence-corrected chi connectivity index (χ2v) is 10.3. The molecule has 1 atom stereocenters. The van der Waals surface area contributed by atoms with E-state index in [4.69, 9.17) is 0 Å². The van der Waals surface area contributed by atoms with Crippen LogP contribution >= 0.6 is 0 Å². The van der Waals surface area contributed by atoms with Gasteiger partial charge in [-0.05, 0) is 81.4 Å². The molecule has 1 aliphatic rings. The predicted octanol–water partition coefficient (Wildman–Crippen LogP) is 5.17. The van der Waals surface area contributed by atoms with Crippen LogP contribution in [0.1, 0.15) is 49.8 Å². The van der Waals surface area contributed by atoms with Crippen LogP contribution in [0.3, 0.4) is 0 Å². The van der Waals surface area contributed by atoms with Crippen molar-refractivity contribution in [1.29, 1.82) is 0 Å². The number of aromatic nitrogens is 1. The molecule has 30 heavy (non-hydrogen) atoms. The van der Waals surface area contributed by atoms with Crippen molar-refractivity contribution < 1.29 is 8.42 Å². The highest BCUT2D eigenvalue weighted by atomic mass is 32.2. The number of fused-ring (bicyclic) bond motifs is 3. The van der Waals surface area contributed by atoms with E-state index >= 15 is 0 Å². The average Bonchev–Trinajstić information content (AvgIpc) is 3.19. The van der Waals surface area contributed by atoms with Gasteiger partial charge >= 0.3 is 0 Å². The Hall–Kier alpha value is -2.11. The third-order valence-corrected chi connectivity index (χ3v) is 8.01. The summed E-state index contributed by atoms with van der Waals surface area (Å²) < 4.78 is 28.3. The van der Waals surface area contributed by atoms with E-state index in [2.05, 4.69) is 30.9 Å². The van der Waals surface area contributed by atoms with Crippen molar-refractivity contribution in [3.63, 3.8) is 0 Å². The zero-order valence-electron chi connectivity index (χ0n) is 18.3. The summed E-state index contributed by atoms with van der Waals surface area (Å²) in [5.41, 5.74) is 4.43. The minimum absolute atomic E-state index is 0.342. The van der Waals surface area contributed by atoms with Crippen LogP contribution in [0.15, 0.2) is 53.6 Å². The van der Waals surface area contributed by atoms with Crippen LogP contribution in [0, 0.1) is 6.92 Å². The molecule has 5 heteroatoms. The van der Waals surface area contributed by atoms with Crippen molar-refractivity contribution in [3.05, 3.63) is 65.4 Å². The van der Waals surface area contributed by atoms with Crippen LogP contribution in [-0.4, -0.2) is 36.4 Å². The molecule has 3 aromatic rings. The normalized spacial score (nSPS) is 16.9. The monoisotopic (exact) mass is 424 g/mol. The van der Waals surface area contributed by atoms with E-state index in [1.165, 1.54) is 27.9 Å². The van der Waals surface area contributed by atoms with Gasteiger partial charge < -0.3 is 4.90 Å². The Bertz CT molecular complexity index is 1120. The lowest BCUT2D eigenvalue weighted by molar-refractivity contribution is 0.180. The van der Waals surface area contributed by atoms with Crippen LogP contribution in [0.2, 0.25) is 0 Å². The van der Waals surface area contributed by atoms with Crippen molar-refractivity contribution >= 4 is 20.9 Å². The van der Waals surface area contributed by atoms with Crippen molar-refractivity contribution in [2.75, 3.05) is 13.1 Å². The van der Waals surface area contributed by atoms with Crippen molar-refractivity contribution in [2.24, 2.45) is 0 Å². The quantitative estimate of drug-likeness (QED) is 0.526. The van der Waals surface area contributed by atoms with Crippen LogP contribution in [-0.2, 0) is 22.9 Å². The van der Waals surface area contributed by atoms with Crippen LogP contribution in [0.25, 0.3) is 10.9 Å². The topological polar surface area (TPSA) is 42.3 Å². The summed E-state index contributed by atoms with van der Waals surface area (Å²) in [6.07, 6.45) is 7.06. The van der Waals surface area contributed by atoms with E-state index < -0.39 is 10.0 Å². The highest BCUT2D eigenvalue weighted by Crippen LogP contribution is 2.33. The van der Waals surface area contributed by atoms with E-state index in [1.807, 2.05) is 25.1 Å². The number of hydrogen-bond acceptors (Lipinski definition) is 3. The minimum atomic E-state index is -3.61. The number of aryl methyl sites for hydroxylation is 2. The van der Waals surface area contributed by atoms with E-state index in [-0.39, 0.29) is 0 Å². The molecule has 0 fully saturated rings. The third-order valence-electron chi connectivity index (χ3n) is 6.32. The van der Waals surface area contributed by atoms with Crippen molar-refractivity contribution in [3.8, 4) is 0 Å². The highest BCUT2D eigenvalue weighted by molar-refractivity contribution is 7.90. The molecular formula is C25H32N2O2S. The summed E-state index contributed by atoms with van der Waals surface area (Å²) in [6.45, 7) is 8.72. The molecule has 1 aromatic heterocycles. The van der Waals surface area contributed by atoms with E-state index in [1.54, 1.807) is 18.3 Å². The Morgan fingerprint density at radius 2 is 1.70 bits per heavy atom. The fourth-order valence-electron chi connectivity index (χ4n) is 4.84. The van der Waals surface area contributed by atoms with Gasteiger partial charge in [-0.1, -0.05) is 43.7 Å². The maximum absolute atomic E-state index is 13.4. The lowest BCUT2D eigenvalue weighted by Crippen LogP contribution is -2.40. The largest absolute Gasteiger partial charge is 0.300 e. The van der Waals surface area contributed by atoms with Crippen molar-refractivity contribution in [1.82, 2.24) is 8.87 Å². The van der Waals surface area contributed by atoms with Crippen molar-refractivity contribution in [2.45, 2.75) is 63.8 Å². The zero-order chi connectivity index (χ0) is 21.3. The molecular weight excluding hydrogens is 392 g/mol. The molecule has 1 aliphatic carbocycles. The van der Waals surface area contributed by atoms with Gasteiger partial charge in [0.25, 0.3) is 10.0 Å². The molecule has 0 bridgehead atoms. The Morgan fingerprint density at radius 1 is 1.00 bits per heavy atom. The van der Waals surface area contributed by atoms with E-state index in [0.717, 1.165) is 48.8 Å². The maximum atomic E-state index is 13.4. The first-order valence-electron chi connectivity index (χ1n) is 11.1. The fourth-order valence-corrected chi connectivity index (χ4v) is 6.22. The molecule has 0 radical (unpaired) electrons. The number of benzene rings is 2. The molecule has 0 aliphatic heterocycles. The predicted molar refractivity (Wildman–Crippen MR) is 124 cm³/mol. The molecule has 2 aromatic carbocycles. The lowest BCUT2D eigenvalue weighted by Gasteiger charge is -2.35. The smallest absolute Gasteiger partial charge is 0.268 e. The summed E-state index contributed by atoms with van der Waals surface area (Å²) in [5.74, 6) is 0. The van der Waals surface area contributed by atoms with Gasteiger partial charge in [0.2, 0.25) is 0 Å². The maximum Gasteiger partial charge on any atom is 0.268 e. The second kappa shape index (κ2) is 8.56. The molecule has 1 unspecified atom stereocenters. The second-order valence-electron chi connectivity index (χ2n) is 8.50. The highest BCUT2D eigenvalue weighted by Gasteiger charge is 2.27. The molecule has 0 saturated carbocycles. The van der Waals surface area contributed by atoms with E-state index in [0.29, 0.717) is 10.9 Å². The molecule has 0 saturated heterocycles. The van der Waals surface area contributed by atoms with Gasteiger partial charge in [-0.2, -0.15) is 0 Å². The van der Waals surface area contributed by atoms with Gasteiger partial charge in [-0.25, -0.2) is 12.4 Å². The first-order valence-corrected chi connectivity index (χ1v) is 12.6. The molecule has 4 nitrogen and oxygen atoms in total. The Morgan fingerprint density at radius 3 is 2.37 bits per heavy atom. The molecule has 4 rings (SSSR count). The van der Waals surface area contributed by atoms with Gasteiger partial charge in [-0.3, -0.25) is 0 Å². The first-order chi connectivity index (χ1) is 14.5. The number of hydrogen-bond donors (Lipinski definition) is 0. The lowest BCUT2D eigenvalue weighted by atomic mass is 9.86. The Kier molecular flexibility index (Phi) is 6.03. The van der Waals surface area contributed by atoms with Crippen LogP contribution in [0.4, 0.5) is 0 Å². The first kappa shape index (κ1) is 21.1. The molecule has 160 valence electrons.